The summed E-state index contributed by atoms with van der Waals surface area (Å²) in [5.41, 5.74) is 4.28. The van der Waals surface area contributed by atoms with Gasteiger partial charge in [-0.1, -0.05) is 11.6 Å². The molecule has 1 aromatic carbocycles. The fourth-order valence-electron chi connectivity index (χ4n) is 0.686. The Morgan fingerprint density at radius 1 is 1.50 bits per heavy atom. The summed E-state index contributed by atoms with van der Waals surface area (Å²) in [7, 11) is 0. The van der Waals surface area contributed by atoms with E-state index >= 15 is 0 Å². The number of hydrogen-bond acceptors (Lipinski definition) is 3. The van der Waals surface area contributed by atoms with Crippen molar-refractivity contribution in [1.29, 1.82) is 0 Å². The quantitative estimate of drug-likeness (QED) is 0.569. The molecule has 0 saturated carbocycles. The predicted octanol–water partition coefficient (Wildman–Crippen LogP) is 2.56. The van der Waals surface area contributed by atoms with Gasteiger partial charge in [-0.15, -0.1) is 0 Å². The van der Waals surface area contributed by atoms with Crippen LogP contribution in [0.15, 0.2) is 10.4 Å². The summed E-state index contributed by atoms with van der Waals surface area (Å²) in [6, 6.07) is 0.774. The van der Waals surface area contributed by atoms with Crippen molar-refractivity contribution in [2.75, 3.05) is 5.73 Å². The van der Waals surface area contributed by atoms with E-state index in [0.717, 1.165) is 6.07 Å². The molecule has 1 rings (SSSR count). The molecule has 0 bridgehead atoms. The summed E-state index contributed by atoms with van der Waals surface area (Å²) in [6.07, 6.45) is 0. The summed E-state index contributed by atoms with van der Waals surface area (Å²) in [5, 5.41) is -0.384. The van der Waals surface area contributed by atoms with E-state index in [-0.39, 0.29) is 5.02 Å². The number of halogens is 3. The van der Waals surface area contributed by atoms with Gasteiger partial charge in [-0.3, -0.25) is 0 Å². The first-order chi connectivity index (χ1) is 5.57. The number of anilines is 1. The minimum Gasteiger partial charge on any atom is -0.394 e. The molecule has 64 valence electrons. The molecule has 0 aliphatic carbocycles. The molecule has 0 aliphatic rings. The Labute approximate surface area is 77.5 Å². The lowest BCUT2D eigenvalue weighted by Crippen LogP contribution is -1.94. The standard InChI is InChI=1S/C6H3ClF2N2S/c7-2-1-3(8)5(10)6(11-12)4(2)9/h1H,10H2. The van der Waals surface area contributed by atoms with Gasteiger partial charge in [0.05, 0.1) is 10.7 Å². The van der Waals surface area contributed by atoms with Crippen molar-refractivity contribution in [1.82, 2.24) is 0 Å². The topological polar surface area (TPSA) is 38.4 Å². The highest BCUT2D eigenvalue weighted by molar-refractivity contribution is 7.47. The molecular weight excluding hydrogens is 206 g/mol. The van der Waals surface area contributed by atoms with Crippen LogP contribution in [0.3, 0.4) is 0 Å². The molecule has 6 heteroatoms. The maximum Gasteiger partial charge on any atom is 0.170 e. The van der Waals surface area contributed by atoms with E-state index in [9.17, 15) is 8.78 Å². The van der Waals surface area contributed by atoms with Crippen molar-refractivity contribution >= 4 is 35.4 Å². The molecule has 12 heavy (non-hydrogen) atoms. The highest BCUT2D eigenvalue weighted by atomic mass is 35.5. The first kappa shape index (κ1) is 9.28. The monoisotopic (exact) mass is 208 g/mol. The fraction of sp³-hybridized carbons (Fsp3) is 0. The van der Waals surface area contributed by atoms with Crippen LogP contribution in [-0.4, -0.2) is 0 Å². The van der Waals surface area contributed by atoms with E-state index in [1.54, 1.807) is 0 Å². The van der Waals surface area contributed by atoms with Gasteiger partial charge in [0, 0.05) is 12.4 Å². The first-order valence-electron chi connectivity index (χ1n) is 2.84. The van der Waals surface area contributed by atoms with E-state index in [2.05, 4.69) is 16.8 Å². The third-order valence-corrected chi connectivity index (χ3v) is 1.73. The lowest BCUT2D eigenvalue weighted by Gasteiger charge is -2.02. The van der Waals surface area contributed by atoms with E-state index in [0.29, 0.717) is 0 Å². The van der Waals surface area contributed by atoms with Gasteiger partial charge >= 0.3 is 0 Å². The summed E-state index contributed by atoms with van der Waals surface area (Å²) >= 11 is 9.49. The second kappa shape index (κ2) is 3.28. The Morgan fingerprint density at radius 3 is 2.58 bits per heavy atom. The molecule has 0 saturated heterocycles. The summed E-state index contributed by atoms with van der Waals surface area (Å²) in [4.78, 5) is 0. The fourth-order valence-corrected chi connectivity index (χ4v) is 1.05. The molecule has 0 amide bonds. The van der Waals surface area contributed by atoms with Crippen LogP contribution >= 0.6 is 11.6 Å². The molecule has 0 unspecified atom stereocenters. The predicted molar refractivity (Wildman–Crippen MR) is 45.2 cm³/mol. The second-order valence-electron chi connectivity index (χ2n) is 2.01. The highest BCUT2D eigenvalue weighted by Gasteiger charge is 2.14. The van der Waals surface area contributed by atoms with Crippen LogP contribution in [-0.2, 0) is 12.4 Å². The van der Waals surface area contributed by atoms with Crippen molar-refractivity contribution in [2.45, 2.75) is 0 Å². The molecule has 2 nitrogen and oxygen atoms in total. The Morgan fingerprint density at radius 2 is 2.08 bits per heavy atom. The largest absolute Gasteiger partial charge is 0.394 e. The zero-order valence-corrected chi connectivity index (χ0v) is 7.22. The van der Waals surface area contributed by atoms with Crippen LogP contribution in [0.2, 0.25) is 5.02 Å². The summed E-state index contributed by atoms with van der Waals surface area (Å²) in [5.74, 6) is -1.73. The van der Waals surface area contributed by atoms with Crippen molar-refractivity contribution in [3.05, 3.63) is 22.7 Å². The number of nitrogens with two attached hydrogens (primary N) is 1. The Kier molecular flexibility index (Phi) is 2.54. The molecule has 0 heterocycles. The van der Waals surface area contributed by atoms with Gasteiger partial charge in [-0.25, -0.2) is 8.78 Å². The lowest BCUT2D eigenvalue weighted by molar-refractivity contribution is 0.607. The maximum absolute atomic E-state index is 12.9. The second-order valence-corrected chi connectivity index (χ2v) is 2.60. The zero-order chi connectivity index (χ0) is 9.30. The van der Waals surface area contributed by atoms with Gasteiger partial charge < -0.3 is 5.73 Å². The van der Waals surface area contributed by atoms with Gasteiger partial charge in [0.25, 0.3) is 0 Å². The van der Waals surface area contributed by atoms with Crippen LogP contribution in [0.25, 0.3) is 0 Å². The number of benzene rings is 1. The minimum atomic E-state index is -0.898. The minimum absolute atomic E-state index is 0.384. The average Bonchev–Trinajstić information content (AvgIpc) is 2.02. The number of nitrogens with zero attached hydrogens (tertiary/aromatic N) is 1. The van der Waals surface area contributed by atoms with E-state index in [4.69, 9.17) is 17.3 Å². The Bertz CT molecular complexity index is 317. The SMILES string of the molecule is Nc1c(F)cc(Cl)c(F)c1N=S. The third kappa shape index (κ3) is 1.37. The lowest BCUT2D eigenvalue weighted by atomic mass is 10.2. The van der Waals surface area contributed by atoms with Gasteiger partial charge in [-0.2, -0.15) is 4.36 Å². The van der Waals surface area contributed by atoms with Gasteiger partial charge in [0.1, 0.15) is 11.5 Å². The summed E-state index contributed by atoms with van der Waals surface area (Å²) < 4.78 is 28.7. The molecular formula is C6H3ClF2N2S. The third-order valence-electron chi connectivity index (χ3n) is 1.27. The molecule has 2 N–H and O–H groups in total. The Balaban J connectivity index is 3.52. The van der Waals surface area contributed by atoms with Gasteiger partial charge in [0.15, 0.2) is 5.82 Å². The Hall–Kier alpha value is -0.810. The van der Waals surface area contributed by atoms with E-state index in [1.165, 1.54) is 0 Å². The number of rotatable bonds is 1. The average molecular weight is 209 g/mol. The smallest absolute Gasteiger partial charge is 0.170 e. The van der Waals surface area contributed by atoms with E-state index in [1.807, 2.05) is 0 Å². The normalized spacial score (nSPS) is 9.92. The summed E-state index contributed by atoms with van der Waals surface area (Å²) in [6.45, 7) is 0. The molecule has 0 aliphatic heterocycles. The molecule has 0 aromatic heterocycles. The molecule has 0 atom stereocenters. The van der Waals surface area contributed by atoms with Crippen molar-refractivity contribution in [2.24, 2.45) is 4.36 Å². The van der Waals surface area contributed by atoms with Crippen LogP contribution in [0.1, 0.15) is 0 Å². The van der Waals surface area contributed by atoms with Crippen molar-refractivity contribution in [3.8, 4) is 0 Å². The van der Waals surface area contributed by atoms with Gasteiger partial charge in [0.2, 0.25) is 0 Å². The maximum atomic E-state index is 12.9. The van der Waals surface area contributed by atoms with Crippen LogP contribution in [0.5, 0.6) is 0 Å². The number of nitrogen functional groups attached to an aromatic ring is 1. The molecule has 0 spiro atoms. The van der Waals surface area contributed by atoms with E-state index < -0.39 is 23.0 Å². The molecule has 0 radical (unpaired) electrons. The molecule has 0 fully saturated rings. The van der Waals surface area contributed by atoms with Crippen LogP contribution < -0.4 is 5.73 Å². The van der Waals surface area contributed by atoms with Crippen LogP contribution in [0.4, 0.5) is 20.2 Å². The zero-order valence-electron chi connectivity index (χ0n) is 5.64. The first-order valence-corrected chi connectivity index (χ1v) is 3.58. The molecule has 1 aromatic rings. The van der Waals surface area contributed by atoms with Crippen molar-refractivity contribution in [3.63, 3.8) is 0 Å². The van der Waals surface area contributed by atoms with Crippen molar-refractivity contribution < 1.29 is 8.78 Å². The van der Waals surface area contributed by atoms with Gasteiger partial charge in [-0.05, 0) is 6.07 Å². The highest BCUT2D eigenvalue weighted by Crippen LogP contribution is 2.32. The van der Waals surface area contributed by atoms with Crippen LogP contribution in [0, 0.1) is 11.6 Å². The number of hydrogen-bond donors (Lipinski definition) is 1.